The third-order valence-electron chi connectivity index (χ3n) is 1.31. The van der Waals surface area contributed by atoms with Crippen LogP contribution in [0.25, 0.3) is 0 Å². The van der Waals surface area contributed by atoms with E-state index in [1.165, 1.54) is 0 Å². The summed E-state index contributed by atoms with van der Waals surface area (Å²) in [6.07, 6.45) is 0. The SMILES string of the molecule is C[B]c1ccccc1N. The lowest BCUT2D eigenvalue weighted by Crippen LogP contribution is -2.14. The molecule has 0 bridgehead atoms. The molecule has 0 aliphatic heterocycles. The number of anilines is 1. The summed E-state index contributed by atoms with van der Waals surface area (Å²) in [5.41, 5.74) is 7.56. The highest BCUT2D eigenvalue weighted by atomic mass is 14.5. The molecule has 0 aromatic heterocycles. The van der Waals surface area contributed by atoms with Crippen LogP contribution < -0.4 is 11.2 Å². The molecule has 0 saturated heterocycles. The number of hydrogen-bond donors (Lipinski definition) is 1. The van der Waals surface area contributed by atoms with Crippen LogP contribution >= 0.6 is 0 Å². The highest BCUT2D eigenvalue weighted by Gasteiger charge is 1.91. The lowest BCUT2D eigenvalue weighted by Gasteiger charge is -1.97. The van der Waals surface area contributed by atoms with Crippen molar-refractivity contribution in [3.05, 3.63) is 24.3 Å². The zero-order valence-corrected chi connectivity index (χ0v) is 5.46. The average molecular weight is 118 g/mol. The van der Waals surface area contributed by atoms with Gasteiger partial charge in [-0.05, 0) is 6.07 Å². The van der Waals surface area contributed by atoms with Crippen molar-refractivity contribution in [1.29, 1.82) is 0 Å². The summed E-state index contributed by atoms with van der Waals surface area (Å²) in [6.45, 7) is 1.98. The molecule has 0 amide bonds. The van der Waals surface area contributed by atoms with Gasteiger partial charge in [0, 0.05) is 5.69 Å². The molecule has 1 aromatic rings. The van der Waals surface area contributed by atoms with E-state index < -0.39 is 0 Å². The van der Waals surface area contributed by atoms with Crippen molar-refractivity contribution in [2.45, 2.75) is 6.82 Å². The topological polar surface area (TPSA) is 26.0 Å². The van der Waals surface area contributed by atoms with Crippen molar-refractivity contribution >= 4 is 18.4 Å². The van der Waals surface area contributed by atoms with Crippen LogP contribution in [0.3, 0.4) is 0 Å². The molecule has 9 heavy (non-hydrogen) atoms. The molecule has 1 rings (SSSR count). The van der Waals surface area contributed by atoms with Crippen LogP contribution in [0.15, 0.2) is 24.3 Å². The Bertz CT molecular complexity index is 198. The second kappa shape index (κ2) is 2.58. The second-order valence-electron chi connectivity index (χ2n) is 1.92. The van der Waals surface area contributed by atoms with Gasteiger partial charge < -0.3 is 5.73 Å². The van der Waals surface area contributed by atoms with Crippen molar-refractivity contribution in [1.82, 2.24) is 0 Å². The lowest BCUT2D eigenvalue weighted by molar-refractivity contribution is 1.73. The number of benzene rings is 1. The fourth-order valence-corrected chi connectivity index (χ4v) is 0.774. The van der Waals surface area contributed by atoms with Crippen LogP contribution in [0.5, 0.6) is 0 Å². The molecule has 0 fully saturated rings. The molecule has 0 atom stereocenters. The minimum absolute atomic E-state index is 0.847. The van der Waals surface area contributed by atoms with Gasteiger partial charge in [-0.3, -0.25) is 0 Å². The Morgan fingerprint density at radius 1 is 1.33 bits per heavy atom. The van der Waals surface area contributed by atoms with Gasteiger partial charge in [-0.2, -0.15) is 0 Å². The molecule has 0 unspecified atom stereocenters. The van der Waals surface area contributed by atoms with Gasteiger partial charge in [-0.15, -0.1) is 0 Å². The fourth-order valence-electron chi connectivity index (χ4n) is 0.774. The minimum Gasteiger partial charge on any atom is -0.399 e. The molecular formula is C7H9BN. The van der Waals surface area contributed by atoms with E-state index in [4.69, 9.17) is 5.73 Å². The molecule has 1 aromatic carbocycles. The summed E-state index contributed by atoms with van der Waals surface area (Å²) in [5, 5.41) is 0. The zero-order chi connectivity index (χ0) is 6.69. The molecule has 0 heterocycles. The third kappa shape index (κ3) is 1.25. The van der Waals surface area contributed by atoms with Crippen LogP contribution in [0, 0.1) is 0 Å². The largest absolute Gasteiger partial charge is 0.399 e. The number of hydrogen-bond acceptors (Lipinski definition) is 1. The Labute approximate surface area is 56.1 Å². The van der Waals surface area contributed by atoms with Crippen molar-refractivity contribution < 1.29 is 0 Å². The summed E-state index contributed by atoms with van der Waals surface area (Å²) in [7, 11) is 2.00. The molecule has 2 heteroatoms. The van der Waals surface area contributed by atoms with Crippen molar-refractivity contribution in [2.24, 2.45) is 0 Å². The van der Waals surface area contributed by atoms with Gasteiger partial charge in [0.2, 0.25) is 0 Å². The molecule has 1 radical (unpaired) electrons. The molecule has 45 valence electrons. The Morgan fingerprint density at radius 3 is 2.44 bits per heavy atom. The number of nitrogens with two attached hydrogens (primary N) is 1. The van der Waals surface area contributed by atoms with Gasteiger partial charge in [-0.25, -0.2) is 0 Å². The standard InChI is InChI=1S/C7H9BN/c1-8-6-4-2-3-5-7(6)9/h2-5H,9H2,1H3. The Morgan fingerprint density at radius 2 is 2.00 bits per heavy atom. The molecule has 1 nitrogen and oxygen atoms in total. The number of rotatable bonds is 1. The quantitative estimate of drug-likeness (QED) is 0.425. The maximum absolute atomic E-state index is 5.60. The highest BCUT2D eigenvalue weighted by Crippen LogP contribution is 1.94. The van der Waals surface area contributed by atoms with E-state index in [9.17, 15) is 0 Å². The Kier molecular flexibility index (Phi) is 1.78. The summed E-state index contributed by atoms with van der Waals surface area (Å²) in [5.74, 6) is 0. The first-order valence-electron chi connectivity index (χ1n) is 2.98. The first kappa shape index (κ1) is 6.21. The van der Waals surface area contributed by atoms with Gasteiger partial charge in [0.05, 0.1) is 0 Å². The van der Waals surface area contributed by atoms with E-state index in [-0.39, 0.29) is 0 Å². The maximum atomic E-state index is 5.60. The van der Waals surface area contributed by atoms with Crippen LogP contribution in [-0.4, -0.2) is 7.28 Å². The van der Waals surface area contributed by atoms with E-state index in [1.54, 1.807) is 0 Å². The van der Waals surface area contributed by atoms with Crippen molar-refractivity contribution in [3.8, 4) is 0 Å². The Hall–Kier alpha value is -0.915. The molecule has 0 saturated carbocycles. The average Bonchev–Trinajstić information content (AvgIpc) is 1.89. The number of nitrogen functional groups attached to an aromatic ring is 1. The predicted molar refractivity (Wildman–Crippen MR) is 42.1 cm³/mol. The van der Waals surface area contributed by atoms with Gasteiger partial charge >= 0.3 is 0 Å². The van der Waals surface area contributed by atoms with E-state index in [0.717, 1.165) is 11.2 Å². The minimum atomic E-state index is 0.847. The zero-order valence-electron chi connectivity index (χ0n) is 5.46. The van der Waals surface area contributed by atoms with E-state index in [0.29, 0.717) is 0 Å². The first-order valence-corrected chi connectivity index (χ1v) is 2.98. The predicted octanol–water partition coefficient (Wildman–Crippen LogP) is 0.646. The Balaban J connectivity index is 3.01. The van der Waals surface area contributed by atoms with Gasteiger partial charge in [0.15, 0.2) is 7.28 Å². The smallest absolute Gasteiger partial charge is 0.151 e. The third-order valence-corrected chi connectivity index (χ3v) is 1.31. The molecule has 0 spiro atoms. The van der Waals surface area contributed by atoms with Crippen LogP contribution in [-0.2, 0) is 0 Å². The van der Waals surface area contributed by atoms with E-state index >= 15 is 0 Å². The summed E-state index contributed by atoms with van der Waals surface area (Å²) in [6, 6.07) is 7.80. The molecule has 0 aliphatic carbocycles. The molecule has 2 N–H and O–H groups in total. The monoisotopic (exact) mass is 118 g/mol. The molecular weight excluding hydrogens is 109 g/mol. The summed E-state index contributed by atoms with van der Waals surface area (Å²) < 4.78 is 0. The lowest BCUT2D eigenvalue weighted by atomic mass is 9.72. The normalized spacial score (nSPS) is 9.00. The van der Waals surface area contributed by atoms with Crippen LogP contribution in [0.1, 0.15) is 0 Å². The van der Waals surface area contributed by atoms with Crippen LogP contribution in [0.4, 0.5) is 5.69 Å². The van der Waals surface area contributed by atoms with Gasteiger partial charge in [0.25, 0.3) is 0 Å². The summed E-state index contributed by atoms with van der Waals surface area (Å²) in [4.78, 5) is 0. The second-order valence-corrected chi connectivity index (χ2v) is 1.92. The van der Waals surface area contributed by atoms with Gasteiger partial charge in [0.1, 0.15) is 0 Å². The van der Waals surface area contributed by atoms with E-state index in [1.807, 2.05) is 38.4 Å². The van der Waals surface area contributed by atoms with E-state index in [2.05, 4.69) is 0 Å². The van der Waals surface area contributed by atoms with Gasteiger partial charge in [-0.1, -0.05) is 30.5 Å². The molecule has 0 aliphatic rings. The highest BCUT2D eigenvalue weighted by molar-refractivity contribution is 6.54. The fraction of sp³-hybridized carbons (Fsp3) is 0.143. The summed E-state index contributed by atoms with van der Waals surface area (Å²) >= 11 is 0. The van der Waals surface area contributed by atoms with Crippen molar-refractivity contribution in [2.75, 3.05) is 5.73 Å². The maximum Gasteiger partial charge on any atom is 0.151 e. The van der Waals surface area contributed by atoms with Crippen molar-refractivity contribution in [3.63, 3.8) is 0 Å². The van der Waals surface area contributed by atoms with Crippen LogP contribution in [0.2, 0.25) is 6.82 Å². The number of para-hydroxylation sites is 1. The first-order chi connectivity index (χ1) is 4.34.